The van der Waals surface area contributed by atoms with Crippen LogP contribution in [0.4, 0.5) is 11.5 Å². The van der Waals surface area contributed by atoms with E-state index in [1.165, 1.54) is 6.07 Å². The number of aryl methyl sites for hydroxylation is 1. The first-order valence-electron chi connectivity index (χ1n) is 9.51. The highest BCUT2D eigenvalue weighted by Crippen LogP contribution is 2.35. The van der Waals surface area contributed by atoms with Gasteiger partial charge < -0.3 is 5.32 Å². The van der Waals surface area contributed by atoms with Crippen LogP contribution in [0.15, 0.2) is 60.7 Å². The van der Waals surface area contributed by atoms with Gasteiger partial charge in [0.15, 0.2) is 5.82 Å². The van der Waals surface area contributed by atoms with Crippen molar-refractivity contribution in [2.24, 2.45) is 0 Å². The molecule has 2 N–H and O–H groups in total. The van der Waals surface area contributed by atoms with Gasteiger partial charge in [0, 0.05) is 17.0 Å². The monoisotopic (exact) mass is 400 g/mol. The molecule has 1 aromatic heterocycles. The first-order valence-corrected chi connectivity index (χ1v) is 9.51. The SMILES string of the molecule is Cc1cc2[nH]nc(NC(=O)Cc3ccccc3)c2cc1-c1cccc([N+](=O)[O-])c1C. The second-order valence-electron chi connectivity index (χ2n) is 7.20. The summed E-state index contributed by atoms with van der Waals surface area (Å²) in [6, 6.07) is 18.4. The first-order chi connectivity index (χ1) is 14.4. The fourth-order valence-corrected chi connectivity index (χ4v) is 3.63. The molecular weight excluding hydrogens is 380 g/mol. The summed E-state index contributed by atoms with van der Waals surface area (Å²) in [5.74, 6) is 0.276. The lowest BCUT2D eigenvalue weighted by Crippen LogP contribution is -2.14. The Bertz CT molecular complexity index is 1260. The zero-order chi connectivity index (χ0) is 21.3. The number of hydrogen-bond donors (Lipinski definition) is 2. The van der Waals surface area contributed by atoms with Gasteiger partial charge in [0.05, 0.1) is 16.9 Å². The number of H-pyrrole nitrogens is 1. The number of carbonyl (C=O) groups excluding carboxylic acids is 1. The number of benzene rings is 3. The zero-order valence-electron chi connectivity index (χ0n) is 16.6. The molecule has 30 heavy (non-hydrogen) atoms. The molecule has 1 heterocycles. The summed E-state index contributed by atoms with van der Waals surface area (Å²) >= 11 is 0. The minimum Gasteiger partial charge on any atom is -0.308 e. The Labute approximate surface area is 172 Å². The normalized spacial score (nSPS) is 10.9. The molecule has 4 aromatic rings. The molecule has 1 amide bonds. The quantitative estimate of drug-likeness (QED) is 0.366. The number of hydrogen-bond acceptors (Lipinski definition) is 4. The third-order valence-electron chi connectivity index (χ3n) is 5.17. The second-order valence-corrected chi connectivity index (χ2v) is 7.20. The van der Waals surface area contributed by atoms with Crippen molar-refractivity contribution in [1.29, 1.82) is 0 Å². The summed E-state index contributed by atoms with van der Waals surface area (Å²) in [4.78, 5) is 23.4. The molecule has 0 radical (unpaired) electrons. The molecule has 0 saturated carbocycles. The highest BCUT2D eigenvalue weighted by atomic mass is 16.6. The molecular formula is C23H20N4O3. The summed E-state index contributed by atoms with van der Waals surface area (Å²) in [5, 5.41) is 22.2. The third-order valence-corrected chi connectivity index (χ3v) is 5.17. The number of nitrogens with one attached hydrogen (secondary N) is 2. The van der Waals surface area contributed by atoms with E-state index in [4.69, 9.17) is 0 Å². The van der Waals surface area contributed by atoms with E-state index >= 15 is 0 Å². The van der Waals surface area contributed by atoms with E-state index in [0.717, 1.165) is 33.2 Å². The minimum absolute atomic E-state index is 0.0792. The topological polar surface area (TPSA) is 101 Å². The molecule has 4 rings (SSSR count). The summed E-state index contributed by atoms with van der Waals surface area (Å²) in [6.07, 6.45) is 0.248. The van der Waals surface area contributed by atoms with E-state index < -0.39 is 0 Å². The molecule has 0 fully saturated rings. The summed E-state index contributed by atoms with van der Waals surface area (Å²) in [6.45, 7) is 3.69. The maximum atomic E-state index is 12.5. The molecule has 0 atom stereocenters. The van der Waals surface area contributed by atoms with Gasteiger partial charge in [-0.1, -0.05) is 42.5 Å². The van der Waals surface area contributed by atoms with Crippen molar-refractivity contribution in [3.63, 3.8) is 0 Å². The van der Waals surface area contributed by atoms with E-state index in [9.17, 15) is 14.9 Å². The van der Waals surface area contributed by atoms with E-state index in [0.29, 0.717) is 11.4 Å². The Kier molecular flexibility index (Phi) is 5.02. The van der Waals surface area contributed by atoms with Gasteiger partial charge in [-0.25, -0.2) is 0 Å². The van der Waals surface area contributed by atoms with Gasteiger partial charge in [0.1, 0.15) is 0 Å². The minimum atomic E-state index is -0.375. The lowest BCUT2D eigenvalue weighted by atomic mass is 9.94. The van der Waals surface area contributed by atoms with Crippen LogP contribution in [0.2, 0.25) is 0 Å². The van der Waals surface area contributed by atoms with Gasteiger partial charge in [0.2, 0.25) is 5.91 Å². The third kappa shape index (κ3) is 3.65. The van der Waals surface area contributed by atoms with Crippen molar-refractivity contribution >= 4 is 28.3 Å². The lowest BCUT2D eigenvalue weighted by molar-refractivity contribution is -0.385. The van der Waals surface area contributed by atoms with Crippen molar-refractivity contribution in [2.75, 3.05) is 5.32 Å². The van der Waals surface area contributed by atoms with E-state index in [-0.39, 0.29) is 22.9 Å². The Morgan fingerprint density at radius 1 is 1.07 bits per heavy atom. The van der Waals surface area contributed by atoms with Crippen LogP contribution in [0, 0.1) is 24.0 Å². The summed E-state index contributed by atoms with van der Waals surface area (Å²) in [7, 11) is 0. The number of nitrogens with zero attached hydrogens (tertiary/aromatic N) is 2. The Hall–Kier alpha value is -4.00. The van der Waals surface area contributed by atoms with Crippen molar-refractivity contribution in [2.45, 2.75) is 20.3 Å². The number of amides is 1. The highest BCUT2D eigenvalue weighted by molar-refractivity contribution is 6.02. The number of rotatable bonds is 5. The largest absolute Gasteiger partial charge is 0.308 e. The summed E-state index contributed by atoms with van der Waals surface area (Å²) < 4.78 is 0. The van der Waals surface area contributed by atoms with Gasteiger partial charge in [0.25, 0.3) is 5.69 Å². The van der Waals surface area contributed by atoms with E-state index in [1.807, 2.05) is 55.5 Å². The number of nitro groups is 1. The Morgan fingerprint density at radius 3 is 2.57 bits per heavy atom. The lowest BCUT2D eigenvalue weighted by Gasteiger charge is -2.11. The molecule has 7 nitrogen and oxygen atoms in total. The van der Waals surface area contributed by atoms with Gasteiger partial charge >= 0.3 is 0 Å². The van der Waals surface area contributed by atoms with Crippen LogP contribution < -0.4 is 5.32 Å². The van der Waals surface area contributed by atoms with Crippen LogP contribution >= 0.6 is 0 Å². The molecule has 150 valence electrons. The van der Waals surface area contributed by atoms with Crippen molar-refractivity contribution in [3.05, 3.63) is 87.5 Å². The summed E-state index contributed by atoms with van der Waals surface area (Å²) in [5.41, 5.74) is 4.98. The van der Waals surface area contributed by atoms with Gasteiger partial charge in [-0.2, -0.15) is 5.10 Å². The van der Waals surface area contributed by atoms with Gasteiger partial charge in [-0.05, 0) is 48.2 Å². The molecule has 7 heteroatoms. The first kappa shape index (κ1) is 19.3. The van der Waals surface area contributed by atoms with E-state index in [2.05, 4.69) is 15.5 Å². The predicted molar refractivity (Wildman–Crippen MR) is 116 cm³/mol. The van der Waals surface area contributed by atoms with Gasteiger partial charge in [-0.15, -0.1) is 0 Å². The average molecular weight is 400 g/mol. The maximum Gasteiger partial charge on any atom is 0.272 e. The average Bonchev–Trinajstić information content (AvgIpc) is 3.09. The van der Waals surface area contributed by atoms with Crippen molar-refractivity contribution < 1.29 is 9.72 Å². The number of aromatic nitrogens is 2. The zero-order valence-corrected chi connectivity index (χ0v) is 16.6. The van der Waals surface area contributed by atoms with E-state index in [1.54, 1.807) is 13.0 Å². The molecule has 0 saturated heterocycles. The fourth-order valence-electron chi connectivity index (χ4n) is 3.63. The number of anilines is 1. The van der Waals surface area contributed by atoms with Crippen LogP contribution in [0.5, 0.6) is 0 Å². The smallest absolute Gasteiger partial charge is 0.272 e. The standard InChI is InChI=1S/C23H20N4O3/c1-14-11-20-19(13-18(14)17-9-6-10-21(15(17)2)27(29)30)23(26-25-20)24-22(28)12-16-7-4-3-5-8-16/h3-11,13H,12H2,1-2H3,(H2,24,25,26,28). The molecule has 0 aliphatic heterocycles. The van der Waals surface area contributed by atoms with Crippen LogP contribution in [0.3, 0.4) is 0 Å². The van der Waals surface area contributed by atoms with Crippen molar-refractivity contribution in [3.8, 4) is 11.1 Å². The molecule has 0 unspecified atom stereocenters. The molecule has 0 spiro atoms. The van der Waals surface area contributed by atoms with Crippen molar-refractivity contribution in [1.82, 2.24) is 10.2 Å². The number of nitro benzene ring substituents is 1. The Balaban J connectivity index is 1.71. The van der Waals surface area contributed by atoms with Gasteiger partial charge in [-0.3, -0.25) is 20.0 Å². The van der Waals surface area contributed by atoms with Crippen LogP contribution in [-0.4, -0.2) is 21.0 Å². The highest BCUT2D eigenvalue weighted by Gasteiger charge is 2.18. The molecule has 0 bridgehead atoms. The Morgan fingerprint density at radius 2 is 1.83 bits per heavy atom. The molecule has 0 aliphatic carbocycles. The number of carbonyl (C=O) groups is 1. The van der Waals surface area contributed by atoms with Crippen LogP contribution in [0.25, 0.3) is 22.0 Å². The number of fused-ring (bicyclic) bond motifs is 1. The molecule has 0 aliphatic rings. The van der Waals surface area contributed by atoms with Crippen LogP contribution in [0.1, 0.15) is 16.7 Å². The second kappa shape index (κ2) is 7.79. The molecule has 3 aromatic carbocycles. The van der Waals surface area contributed by atoms with Crippen LogP contribution in [-0.2, 0) is 11.2 Å². The predicted octanol–water partition coefficient (Wildman–Crippen LogP) is 4.94. The number of aromatic amines is 1. The fraction of sp³-hybridized carbons (Fsp3) is 0.130. The maximum absolute atomic E-state index is 12.5.